The molecule has 1 amide bonds. The Morgan fingerprint density at radius 3 is 2.94 bits per heavy atom. The predicted octanol–water partition coefficient (Wildman–Crippen LogP) is 0.387. The van der Waals surface area contributed by atoms with E-state index in [4.69, 9.17) is 0 Å². The van der Waals surface area contributed by atoms with Crippen molar-refractivity contribution in [2.75, 3.05) is 13.1 Å². The molecule has 1 atom stereocenters. The van der Waals surface area contributed by atoms with E-state index >= 15 is 0 Å². The summed E-state index contributed by atoms with van der Waals surface area (Å²) in [5.74, 6) is 0.000692. The molecule has 2 aliphatic rings. The van der Waals surface area contributed by atoms with Crippen molar-refractivity contribution in [3.63, 3.8) is 0 Å². The first-order chi connectivity index (χ1) is 8.22. The van der Waals surface area contributed by atoms with Crippen molar-refractivity contribution in [3.05, 3.63) is 18.0 Å². The molecule has 1 aliphatic heterocycles. The van der Waals surface area contributed by atoms with Crippen molar-refractivity contribution in [3.8, 4) is 0 Å². The maximum atomic E-state index is 11.9. The number of carbonyl (C=O) groups is 1. The minimum absolute atomic E-state index is 0.000692. The standard InChI is InChI=1S/C12H18N4O/c1-15-7-9(6-13-15)12(17)14-10-4-5-16(8-10)11-2-3-11/h6-7,10-11H,2-5,8H2,1H3,(H,14,17). The lowest BCUT2D eigenvalue weighted by atomic mass is 10.2. The average Bonchev–Trinajstić information content (AvgIpc) is 2.90. The third-order valence-electron chi connectivity index (χ3n) is 3.59. The van der Waals surface area contributed by atoms with E-state index in [-0.39, 0.29) is 5.91 Å². The van der Waals surface area contributed by atoms with Crippen molar-refractivity contribution in [2.24, 2.45) is 7.05 Å². The Balaban J connectivity index is 1.55. The fourth-order valence-electron chi connectivity index (χ4n) is 2.48. The van der Waals surface area contributed by atoms with Crippen LogP contribution in [0.15, 0.2) is 12.4 Å². The number of carbonyl (C=O) groups excluding carboxylic acids is 1. The predicted molar refractivity (Wildman–Crippen MR) is 63.7 cm³/mol. The van der Waals surface area contributed by atoms with Gasteiger partial charge in [0.25, 0.3) is 5.91 Å². The van der Waals surface area contributed by atoms with E-state index < -0.39 is 0 Å². The van der Waals surface area contributed by atoms with Crippen LogP contribution >= 0.6 is 0 Å². The van der Waals surface area contributed by atoms with E-state index in [1.807, 2.05) is 7.05 Å². The zero-order chi connectivity index (χ0) is 11.8. The summed E-state index contributed by atoms with van der Waals surface area (Å²) >= 11 is 0. The first kappa shape index (κ1) is 10.8. The molecule has 3 rings (SSSR count). The second kappa shape index (κ2) is 4.14. The number of nitrogens with one attached hydrogen (secondary N) is 1. The number of hydrogen-bond acceptors (Lipinski definition) is 3. The molecule has 0 bridgehead atoms. The van der Waals surface area contributed by atoms with Crippen molar-refractivity contribution in [1.29, 1.82) is 0 Å². The van der Waals surface area contributed by atoms with E-state index in [1.165, 1.54) is 12.8 Å². The molecule has 92 valence electrons. The summed E-state index contributed by atoms with van der Waals surface area (Å²) in [6.07, 6.45) is 7.11. The van der Waals surface area contributed by atoms with Crippen LogP contribution in [0.2, 0.25) is 0 Å². The van der Waals surface area contributed by atoms with Gasteiger partial charge in [-0.25, -0.2) is 0 Å². The van der Waals surface area contributed by atoms with Crippen LogP contribution in [0.5, 0.6) is 0 Å². The molecule has 0 aromatic carbocycles. The van der Waals surface area contributed by atoms with Gasteiger partial charge in [-0.3, -0.25) is 14.4 Å². The van der Waals surface area contributed by atoms with E-state index in [2.05, 4.69) is 15.3 Å². The van der Waals surface area contributed by atoms with Gasteiger partial charge in [0.15, 0.2) is 0 Å². The lowest BCUT2D eigenvalue weighted by Gasteiger charge is -2.15. The van der Waals surface area contributed by atoms with Crippen LogP contribution < -0.4 is 5.32 Å². The first-order valence-electron chi connectivity index (χ1n) is 6.26. The SMILES string of the molecule is Cn1cc(C(=O)NC2CCN(C3CC3)C2)cn1. The van der Waals surface area contributed by atoms with Gasteiger partial charge >= 0.3 is 0 Å². The Hall–Kier alpha value is -1.36. The fraction of sp³-hybridized carbons (Fsp3) is 0.667. The molecule has 1 aromatic heterocycles. The van der Waals surface area contributed by atoms with Crippen LogP contribution in [-0.4, -0.2) is 45.8 Å². The fourth-order valence-corrected chi connectivity index (χ4v) is 2.48. The minimum atomic E-state index is 0.000692. The number of amides is 1. The smallest absolute Gasteiger partial charge is 0.254 e. The molecular formula is C12H18N4O. The molecular weight excluding hydrogens is 216 g/mol. The zero-order valence-corrected chi connectivity index (χ0v) is 10.1. The maximum Gasteiger partial charge on any atom is 0.254 e. The molecule has 1 saturated heterocycles. The van der Waals surface area contributed by atoms with Gasteiger partial charge in [-0.15, -0.1) is 0 Å². The molecule has 17 heavy (non-hydrogen) atoms. The van der Waals surface area contributed by atoms with Gasteiger partial charge < -0.3 is 5.32 Å². The number of rotatable bonds is 3. The average molecular weight is 234 g/mol. The molecule has 1 aliphatic carbocycles. The van der Waals surface area contributed by atoms with Crippen molar-refractivity contribution in [2.45, 2.75) is 31.3 Å². The number of hydrogen-bond donors (Lipinski definition) is 1. The third kappa shape index (κ3) is 2.34. The van der Waals surface area contributed by atoms with Crippen LogP contribution in [-0.2, 0) is 7.05 Å². The van der Waals surface area contributed by atoms with Gasteiger partial charge in [-0.2, -0.15) is 5.10 Å². The summed E-state index contributed by atoms with van der Waals surface area (Å²) in [7, 11) is 1.82. The second-order valence-electron chi connectivity index (χ2n) is 5.09. The second-order valence-corrected chi connectivity index (χ2v) is 5.09. The summed E-state index contributed by atoms with van der Waals surface area (Å²) in [4.78, 5) is 14.4. The highest BCUT2D eigenvalue weighted by Crippen LogP contribution is 2.29. The highest BCUT2D eigenvalue weighted by molar-refractivity contribution is 5.93. The Labute approximate surface area is 101 Å². The normalized spacial score (nSPS) is 25.1. The summed E-state index contributed by atoms with van der Waals surface area (Å²) in [6.45, 7) is 2.14. The molecule has 0 radical (unpaired) electrons. The Bertz CT molecular complexity index is 424. The first-order valence-corrected chi connectivity index (χ1v) is 6.26. The zero-order valence-electron chi connectivity index (χ0n) is 10.1. The molecule has 5 heteroatoms. The topological polar surface area (TPSA) is 50.2 Å². The van der Waals surface area contributed by atoms with Crippen LogP contribution in [0.3, 0.4) is 0 Å². The van der Waals surface area contributed by atoms with Crippen LogP contribution in [0.4, 0.5) is 0 Å². The lowest BCUT2D eigenvalue weighted by molar-refractivity contribution is 0.0937. The van der Waals surface area contributed by atoms with Gasteiger partial charge in [-0.05, 0) is 19.3 Å². The van der Waals surface area contributed by atoms with Gasteiger partial charge in [0, 0.05) is 38.4 Å². The number of likely N-dealkylation sites (tertiary alicyclic amines) is 1. The van der Waals surface area contributed by atoms with Crippen molar-refractivity contribution < 1.29 is 4.79 Å². The molecule has 5 nitrogen and oxygen atoms in total. The number of nitrogens with zero attached hydrogens (tertiary/aromatic N) is 3. The van der Waals surface area contributed by atoms with E-state index in [1.54, 1.807) is 17.1 Å². The molecule has 2 heterocycles. The number of aromatic nitrogens is 2. The number of aryl methyl sites for hydroxylation is 1. The van der Waals surface area contributed by atoms with Crippen LogP contribution in [0, 0.1) is 0 Å². The van der Waals surface area contributed by atoms with Crippen LogP contribution in [0.25, 0.3) is 0 Å². The largest absolute Gasteiger partial charge is 0.348 e. The monoisotopic (exact) mass is 234 g/mol. The van der Waals surface area contributed by atoms with Crippen molar-refractivity contribution in [1.82, 2.24) is 20.0 Å². The maximum absolute atomic E-state index is 11.9. The molecule has 1 saturated carbocycles. The molecule has 0 spiro atoms. The summed E-state index contributed by atoms with van der Waals surface area (Å²) in [5, 5.41) is 7.10. The Kier molecular flexibility index (Phi) is 2.63. The minimum Gasteiger partial charge on any atom is -0.348 e. The molecule has 1 unspecified atom stereocenters. The van der Waals surface area contributed by atoms with E-state index in [9.17, 15) is 4.79 Å². The third-order valence-corrected chi connectivity index (χ3v) is 3.59. The van der Waals surface area contributed by atoms with Crippen molar-refractivity contribution >= 4 is 5.91 Å². The van der Waals surface area contributed by atoms with Gasteiger partial charge in [-0.1, -0.05) is 0 Å². The van der Waals surface area contributed by atoms with E-state index in [0.717, 1.165) is 25.6 Å². The highest BCUT2D eigenvalue weighted by atomic mass is 16.1. The molecule has 1 N–H and O–H groups in total. The quantitative estimate of drug-likeness (QED) is 0.823. The summed E-state index contributed by atoms with van der Waals surface area (Å²) in [5.41, 5.74) is 0.650. The van der Waals surface area contributed by atoms with Crippen LogP contribution in [0.1, 0.15) is 29.6 Å². The molecule has 2 fully saturated rings. The Morgan fingerprint density at radius 2 is 2.29 bits per heavy atom. The van der Waals surface area contributed by atoms with Gasteiger partial charge in [0.05, 0.1) is 11.8 Å². The van der Waals surface area contributed by atoms with Gasteiger partial charge in [0.1, 0.15) is 0 Å². The molecule has 1 aromatic rings. The van der Waals surface area contributed by atoms with Gasteiger partial charge in [0.2, 0.25) is 0 Å². The van der Waals surface area contributed by atoms with E-state index in [0.29, 0.717) is 11.6 Å². The Morgan fingerprint density at radius 1 is 1.47 bits per heavy atom. The highest BCUT2D eigenvalue weighted by Gasteiger charge is 2.34. The summed E-state index contributed by atoms with van der Waals surface area (Å²) < 4.78 is 1.65. The lowest BCUT2D eigenvalue weighted by Crippen LogP contribution is -2.37. The summed E-state index contributed by atoms with van der Waals surface area (Å²) in [6, 6.07) is 1.11.